The van der Waals surface area contributed by atoms with Gasteiger partial charge in [0.1, 0.15) is 0 Å². The number of nitriles is 1. The Labute approximate surface area is 97.6 Å². The van der Waals surface area contributed by atoms with Crippen LogP contribution in [0.25, 0.3) is 0 Å². The summed E-state index contributed by atoms with van der Waals surface area (Å²) in [6, 6.07) is 2.26. The van der Waals surface area contributed by atoms with Crippen LogP contribution in [0, 0.1) is 16.7 Å². The van der Waals surface area contributed by atoms with Crippen molar-refractivity contribution in [3.63, 3.8) is 0 Å². The van der Waals surface area contributed by atoms with Gasteiger partial charge in [0, 0.05) is 19.6 Å². The molecule has 1 amide bonds. The van der Waals surface area contributed by atoms with Gasteiger partial charge in [0.25, 0.3) is 0 Å². The number of hydrogen-bond donors (Lipinski definition) is 1. The molecule has 0 saturated carbocycles. The van der Waals surface area contributed by atoms with E-state index in [0.29, 0.717) is 6.54 Å². The van der Waals surface area contributed by atoms with Crippen LogP contribution in [0.15, 0.2) is 0 Å². The minimum absolute atomic E-state index is 0.132. The molecular formula is C12H21N3O. The highest BCUT2D eigenvalue weighted by atomic mass is 16.2. The van der Waals surface area contributed by atoms with Crippen molar-refractivity contribution in [2.45, 2.75) is 39.7 Å². The van der Waals surface area contributed by atoms with Crippen LogP contribution in [0.5, 0.6) is 0 Å². The Morgan fingerprint density at radius 2 is 2.19 bits per heavy atom. The van der Waals surface area contributed by atoms with E-state index >= 15 is 0 Å². The molecule has 0 spiro atoms. The number of piperazine rings is 1. The maximum absolute atomic E-state index is 12.0. The third-order valence-corrected chi connectivity index (χ3v) is 3.08. The fourth-order valence-corrected chi connectivity index (χ4v) is 1.76. The van der Waals surface area contributed by atoms with Crippen LogP contribution in [0.4, 0.5) is 0 Å². The van der Waals surface area contributed by atoms with Crippen molar-refractivity contribution in [2.24, 2.45) is 5.41 Å². The number of hydrogen-bond acceptors (Lipinski definition) is 3. The lowest BCUT2D eigenvalue weighted by Gasteiger charge is -2.38. The van der Waals surface area contributed by atoms with Gasteiger partial charge in [-0.1, -0.05) is 0 Å². The number of carbonyl (C=O) groups excluding carboxylic acids is 1. The summed E-state index contributed by atoms with van der Waals surface area (Å²) < 4.78 is 0. The predicted molar refractivity (Wildman–Crippen MR) is 62.7 cm³/mol. The van der Waals surface area contributed by atoms with E-state index in [0.717, 1.165) is 19.5 Å². The van der Waals surface area contributed by atoms with E-state index in [9.17, 15) is 4.79 Å². The molecule has 1 aliphatic rings. The summed E-state index contributed by atoms with van der Waals surface area (Å²) in [5, 5.41) is 12.1. The largest absolute Gasteiger partial charge is 0.340 e. The number of amides is 1. The van der Waals surface area contributed by atoms with Crippen molar-refractivity contribution < 1.29 is 4.79 Å². The zero-order chi connectivity index (χ0) is 12.4. The fraction of sp³-hybridized carbons (Fsp3) is 0.833. The molecule has 4 nitrogen and oxygen atoms in total. The van der Waals surface area contributed by atoms with Gasteiger partial charge in [-0.15, -0.1) is 0 Å². The molecule has 0 aliphatic carbocycles. The molecule has 16 heavy (non-hydrogen) atoms. The second kappa shape index (κ2) is 4.42. The molecule has 1 N–H and O–H groups in total. The zero-order valence-electron chi connectivity index (χ0n) is 10.6. The van der Waals surface area contributed by atoms with Crippen LogP contribution >= 0.6 is 0 Å². The minimum Gasteiger partial charge on any atom is -0.340 e. The smallest absolute Gasteiger partial charge is 0.242 e. The summed E-state index contributed by atoms with van der Waals surface area (Å²) in [5.74, 6) is 0.132. The predicted octanol–water partition coefficient (Wildman–Crippen LogP) is 1.14. The molecule has 0 bridgehead atoms. The third kappa shape index (κ3) is 2.96. The Bertz CT molecular complexity index is 315. The van der Waals surface area contributed by atoms with Crippen molar-refractivity contribution in [3.8, 4) is 6.07 Å². The molecule has 0 unspecified atom stereocenters. The Hall–Kier alpha value is -1.08. The Morgan fingerprint density at radius 1 is 1.56 bits per heavy atom. The summed E-state index contributed by atoms with van der Waals surface area (Å²) >= 11 is 0. The van der Waals surface area contributed by atoms with Crippen LogP contribution < -0.4 is 5.32 Å². The number of nitrogens with zero attached hydrogens (tertiary/aromatic N) is 2. The Kier molecular flexibility index (Phi) is 3.59. The van der Waals surface area contributed by atoms with Crippen LogP contribution in [0.3, 0.4) is 0 Å². The molecule has 90 valence electrons. The lowest BCUT2D eigenvalue weighted by atomic mass is 9.90. The van der Waals surface area contributed by atoms with Crippen LogP contribution in [0.1, 0.15) is 34.1 Å². The third-order valence-electron chi connectivity index (χ3n) is 3.08. The van der Waals surface area contributed by atoms with E-state index in [1.807, 2.05) is 32.6 Å². The van der Waals surface area contributed by atoms with E-state index < -0.39 is 5.54 Å². The summed E-state index contributed by atoms with van der Waals surface area (Å²) in [6.07, 6.45) is 0.728. The highest BCUT2D eigenvalue weighted by molar-refractivity contribution is 5.86. The molecule has 0 aromatic heterocycles. The first-order valence-electron chi connectivity index (χ1n) is 5.74. The van der Waals surface area contributed by atoms with Crippen molar-refractivity contribution in [1.82, 2.24) is 10.2 Å². The van der Waals surface area contributed by atoms with Gasteiger partial charge < -0.3 is 10.2 Å². The van der Waals surface area contributed by atoms with Crippen molar-refractivity contribution in [2.75, 3.05) is 19.6 Å². The maximum atomic E-state index is 12.0. The SMILES string of the molecule is CC(C)(C#N)CCN1CCNC(C)(C)C1=O. The molecule has 1 aliphatic heterocycles. The Balaban J connectivity index is 2.56. The molecule has 1 saturated heterocycles. The molecule has 0 aromatic carbocycles. The van der Waals surface area contributed by atoms with Crippen molar-refractivity contribution >= 4 is 5.91 Å². The number of rotatable bonds is 3. The van der Waals surface area contributed by atoms with Gasteiger partial charge in [0.15, 0.2) is 0 Å². The molecule has 1 fully saturated rings. The monoisotopic (exact) mass is 223 g/mol. The van der Waals surface area contributed by atoms with Gasteiger partial charge in [0.2, 0.25) is 5.91 Å². The van der Waals surface area contributed by atoms with E-state index in [1.54, 1.807) is 0 Å². The van der Waals surface area contributed by atoms with E-state index in [-0.39, 0.29) is 11.3 Å². The van der Waals surface area contributed by atoms with Crippen LogP contribution in [-0.4, -0.2) is 36.0 Å². The molecule has 0 aromatic rings. The lowest BCUT2D eigenvalue weighted by Crippen LogP contribution is -2.61. The normalized spacial score (nSPS) is 20.7. The van der Waals surface area contributed by atoms with Gasteiger partial charge in [-0.3, -0.25) is 4.79 Å². The van der Waals surface area contributed by atoms with E-state index in [2.05, 4.69) is 11.4 Å². The summed E-state index contributed by atoms with van der Waals surface area (Å²) in [5.41, 5.74) is -0.815. The molecular weight excluding hydrogens is 202 g/mol. The van der Waals surface area contributed by atoms with Gasteiger partial charge >= 0.3 is 0 Å². The van der Waals surface area contributed by atoms with Crippen LogP contribution in [-0.2, 0) is 4.79 Å². The highest BCUT2D eigenvalue weighted by Gasteiger charge is 2.35. The summed E-state index contributed by atoms with van der Waals surface area (Å²) in [4.78, 5) is 13.9. The van der Waals surface area contributed by atoms with E-state index in [4.69, 9.17) is 5.26 Å². The number of carbonyl (C=O) groups is 1. The average Bonchev–Trinajstić information content (AvgIpc) is 2.20. The average molecular weight is 223 g/mol. The zero-order valence-corrected chi connectivity index (χ0v) is 10.6. The quantitative estimate of drug-likeness (QED) is 0.780. The standard InChI is InChI=1S/C12H21N3O/c1-11(2,9-13)5-7-15-8-6-14-12(3,4)10(15)16/h14H,5-8H2,1-4H3. The molecule has 1 rings (SSSR count). The molecule has 0 atom stereocenters. The molecule has 4 heteroatoms. The first-order chi connectivity index (χ1) is 7.28. The summed E-state index contributed by atoms with van der Waals surface area (Å²) in [7, 11) is 0. The van der Waals surface area contributed by atoms with Gasteiger partial charge in [-0.2, -0.15) is 5.26 Å². The van der Waals surface area contributed by atoms with Gasteiger partial charge in [-0.05, 0) is 34.1 Å². The second-order valence-corrected chi connectivity index (χ2v) is 5.59. The minimum atomic E-state index is -0.463. The number of nitrogens with one attached hydrogen (secondary N) is 1. The second-order valence-electron chi connectivity index (χ2n) is 5.59. The highest BCUT2D eigenvalue weighted by Crippen LogP contribution is 2.21. The molecule has 1 heterocycles. The van der Waals surface area contributed by atoms with Crippen molar-refractivity contribution in [1.29, 1.82) is 5.26 Å². The molecule has 0 radical (unpaired) electrons. The first kappa shape index (κ1) is 13.0. The first-order valence-corrected chi connectivity index (χ1v) is 5.74. The van der Waals surface area contributed by atoms with Gasteiger partial charge in [0.05, 0.1) is 17.0 Å². The fourth-order valence-electron chi connectivity index (χ4n) is 1.76. The van der Waals surface area contributed by atoms with Gasteiger partial charge in [-0.25, -0.2) is 0 Å². The Morgan fingerprint density at radius 3 is 2.75 bits per heavy atom. The van der Waals surface area contributed by atoms with Crippen LogP contribution in [0.2, 0.25) is 0 Å². The topological polar surface area (TPSA) is 56.1 Å². The van der Waals surface area contributed by atoms with E-state index in [1.165, 1.54) is 0 Å². The lowest BCUT2D eigenvalue weighted by molar-refractivity contribution is -0.140. The van der Waals surface area contributed by atoms with Crippen molar-refractivity contribution in [3.05, 3.63) is 0 Å². The summed E-state index contributed by atoms with van der Waals surface area (Å²) in [6.45, 7) is 9.85. The maximum Gasteiger partial charge on any atom is 0.242 e.